The Morgan fingerprint density at radius 2 is 2.13 bits per heavy atom. The molecule has 0 aliphatic rings. The first-order valence-electron chi connectivity index (χ1n) is 4.23. The highest BCUT2D eigenvalue weighted by Crippen LogP contribution is 2.22. The molecular formula is C10H7ClN2O2. The summed E-state index contributed by atoms with van der Waals surface area (Å²) in [5.41, 5.74) is 0.328. The molecule has 0 bridgehead atoms. The highest BCUT2D eigenvalue weighted by molar-refractivity contribution is 6.35. The van der Waals surface area contributed by atoms with E-state index in [-0.39, 0.29) is 5.56 Å². The van der Waals surface area contributed by atoms with Gasteiger partial charge in [0.25, 0.3) is 5.56 Å². The van der Waals surface area contributed by atoms with E-state index in [1.807, 2.05) is 0 Å². The molecule has 1 aromatic carbocycles. The zero-order valence-corrected chi connectivity index (χ0v) is 8.34. The van der Waals surface area contributed by atoms with Gasteiger partial charge < -0.3 is 10.3 Å². The van der Waals surface area contributed by atoms with Gasteiger partial charge in [-0.05, 0) is 12.1 Å². The third-order valence-electron chi connectivity index (χ3n) is 2.08. The molecule has 0 spiro atoms. The van der Waals surface area contributed by atoms with E-state index < -0.39 is 0 Å². The lowest BCUT2D eigenvalue weighted by Gasteiger charge is -2.02. The van der Waals surface area contributed by atoms with Crippen molar-refractivity contribution in [1.29, 1.82) is 0 Å². The van der Waals surface area contributed by atoms with Gasteiger partial charge in [0.2, 0.25) is 6.41 Å². The Bertz CT molecular complexity index is 577. The first-order valence-corrected chi connectivity index (χ1v) is 4.61. The molecule has 0 aliphatic carbocycles. The molecule has 2 N–H and O–H groups in total. The van der Waals surface area contributed by atoms with Crippen LogP contribution in [0.15, 0.2) is 29.2 Å². The zero-order chi connectivity index (χ0) is 10.8. The van der Waals surface area contributed by atoms with Gasteiger partial charge in [0, 0.05) is 17.3 Å². The number of fused-ring (bicyclic) bond motifs is 1. The van der Waals surface area contributed by atoms with Crippen LogP contribution in [0.2, 0.25) is 5.02 Å². The Labute approximate surface area is 89.9 Å². The van der Waals surface area contributed by atoms with Crippen LogP contribution in [-0.4, -0.2) is 11.4 Å². The summed E-state index contributed by atoms with van der Waals surface area (Å²) in [6, 6.07) is 4.95. The van der Waals surface area contributed by atoms with Gasteiger partial charge >= 0.3 is 0 Å². The number of amides is 1. The van der Waals surface area contributed by atoms with E-state index in [0.717, 1.165) is 0 Å². The Hall–Kier alpha value is -1.81. The van der Waals surface area contributed by atoms with E-state index in [9.17, 15) is 9.59 Å². The summed E-state index contributed by atoms with van der Waals surface area (Å²) in [5.74, 6) is 0. The summed E-state index contributed by atoms with van der Waals surface area (Å²) in [6.07, 6.45) is 2.00. The van der Waals surface area contributed by atoms with Crippen LogP contribution in [0.25, 0.3) is 10.8 Å². The molecule has 0 aliphatic heterocycles. The smallest absolute Gasteiger partial charge is 0.255 e. The van der Waals surface area contributed by atoms with Crippen molar-refractivity contribution in [3.63, 3.8) is 0 Å². The average molecular weight is 223 g/mol. The van der Waals surface area contributed by atoms with E-state index in [1.165, 1.54) is 6.20 Å². The molecule has 0 saturated heterocycles. The average Bonchev–Trinajstić information content (AvgIpc) is 2.24. The summed E-state index contributed by atoms with van der Waals surface area (Å²) >= 11 is 5.90. The number of rotatable bonds is 2. The monoisotopic (exact) mass is 222 g/mol. The number of halogens is 1. The number of H-pyrrole nitrogens is 1. The van der Waals surface area contributed by atoms with Gasteiger partial charge in [-0.2, -0.15) is 0 Å². The predicted octanol–water partition coefficient (Wildman–Crippen LogP) is 1.75. The van der Waals surface area contributed by atoms with Gasteiger partial charge in [0.05, 0.1) is 10.4 Å². The van der Waals surface area contributed by atoms with Crippen LogP contribution < -0.4 is 10.9 Å². The number of pyridine rings is 1. The van der Waals surface area contributed by atoms with Crippen molar-refractivity contribution in [2.75, 3.05) is 5.32 Å². The first-order chi connectivity index (χ1) is 7.22. The molecule has 15 heavy (non-hydrogen) atoms. The van der Waals surface area contributed by atoms with Gasteiger partial charge in [0.1, 0.15) is 0 Å². The molecule has 1 heterocycles. The highest BCUT2D eigenvalue weighted by Gasteiger charge is 2.03. The lowest BCUT2D eigenvalue weighted by Crippen LogP contribution is -2.05. The molecule has 0 saturated carbocycles. The van der Waals surface area contributed by atoms with Crippen molar-refractivity contribution < 1.29 is 4.79 Å². The molecule has 5 heteroatoms. The van der Waals surface area contributed by atoms with E-state index in [4.69, 9.17) is 11.6 Å². The molecule has 0 fully saturated rings. The summed E-state index contributed by atoms with van der Waals surface area (Å²) in [4.78, 5) is 24.2. The summed E-state index contributed by atoms with van der Waals surface area (Å²) in [5, 5.41) is 4.06. The van der Waals surface area contributed by atoms with Gasteiger partial charge in [-0.3, -0.25) is 9.59 Å². The van der Waals surface area contributed by atoms with Crippen molar-refractivity contribution in [3.05, 3.63) is 39.8 Å². The lowest BCUT2D eigenvalue weighted by molar-refractivity contribution is -0.105. The second-order valence-corrected chi connectivity index (χ2v) is 3.40. The van der Waals surface area contributed by atoms with Crippen LogP contribution in [-0.2, 0) is 4.79 Å². The maximum atomic E-state index is 11.5. The molecule has 1 amide bonds. The van der Waals surface area contributed by atoms with Gasteiger partial charge in [-0.1, -0.05) is 17.7 Å². The molecule has 2 rings (SSSR count). The van der Waals surface area contributed by atoms with Gasteiger partial charge in [-0.15, -0.1) is 0 Å². The highest BCUT2D eigenvalue weighted by atomic mass is 35.5. The summed E-state index contributed by atoms with van der Waals surface area (Å²) in [7, 11) is 0. The predicted molar refractivity (Wildman–Crippen MR) is 59.3 cm³/mol. The Morgan fingerprint density at radius 3 is 2.87 bits per heavy atom. The number of benzene rings is 1. The Kier molecular flexibility index (Phi) is 2.43. The van der Waals surface area contributed by atoms with Crippen LogP contribution in [0.4, 0.5) is 5.69 Å². The molecule has 1 aromatic heterocycles. The van der Waals surface area contributed by atoms with E-state index in [0.29, 0.717) is 27.9 Å². The van der Waals surface area contributed by atoms with Crippen LogP contribution >= 0.6 is 11.6 Å². The molecule has 4 nitrogen and oxygen atoms in total. The maximum Gasteiger partial charge on any atom is 0.255 e. The fourth-order valence-corrected chi connectivity index (χ4v) is 1.60. The fraction of sp³-hybridized carbons (Fsp3) is 0. The third kappa shape index (κ3) is 1.71. The fourth-order valence-electron chi connectivity index (χ4n) is 1.38. The third-order valence-corrected chi connectivity index (χ3v) is 2.39. The summed E-state index contributed by atoms with van der Waals surface area (Å²) < 4.78 is 0. The maximum absolute atomic E-state index is 11.5. The van der Waals surface area contributed by atoms with E-state index in [1.54, 1.807) is 18.2 Å². The van der Waals surface area contributed by atoms with E-state index >= 15 is 0 Å². The number of aromatic nitrogens is 1. The molecule has 0 atom stereocenters. The molecule has 76 valence electrons. The summed E-state index contributed by atoms with van der Waals surface area (Å²) in [6.45, 7) is 0. The number of carbonyl (C=O) groups is 1. The number of carbonyl (C=O) groups excluding carboxylic acids is 1. The van der Waals surface area contributed by atoms with Crippen molar-refractivity contribution in [3.8, 4) is 0 Å². The van der Waals surface area contributed by atoms with Gasteiger partial charge in [0.15, 0.2) is 0 Å². The number of aromatic amines is 1. The lowest BCUT2D eigenvalue weighted by atomic mass is 10.1. The Morgan fingerprint density at radius 1 is 1.33 bits per heavy atom. The molecule has 0 radical (unpaired) electrons. The second-order valence-electron chi connectivity index (χ2n) is 2.99. The molecule has 2 aromatic rings. The molecule has 0 unspecified atom stereocenters. The number of nitrogens with one attached hydrogen (secondary N) is 2. The second kappa shape index (κ2) is 3.74. The number of anilines is 1. The van der Waals surface area contributed by atoms with Crippen molar-refractivity contribution in [1.82, 2.24) is 4.98 Å². The van der Waals surface area contributed by atoms with Gasteiger partial charge in [-0.25, -0.2) is 0 Å². The van der Waals surface area contributed by atoms with Crippen molar-refractivity contribution >= 4 is 34.5 Å². The van der Waals surface area contributed by atoms with Crippen molar-refractivity contribution in [2.24, 2.45) is 0 Å². The SMILES string of the molecule is O=CNc1ccc2c(Cl)c[nH]c(=O)c2c1. The van der Waals surface area contributed by atoms with Crippen LogP contribution in [0.5, 0.6) is 0 Å². The van der Waals surface area contributed by atoms with Crippen LogP contribution in [0.1, 0.15) is 0 Å². The zero-order valence-electron chi connectivity index (χ0n) is 7.58. The van der Waals surface area contributed by atoms with Crippen molar-refractivity contribution in [2.45, 2.75) is 0 Å². The Balaban J connectivity index is 2.75. The van der Waals surface area contributed by atoms with E-state index in [2.05, 4.69) is 10.3 Å². The minimum Gasteiger partial charge on any atom is -0.329 e. The minimum absolute atomic E-state index is 0.232. The number of hydrogen-bond donors (Lipinski definition) is 2. The normalized spacial score (nSPS) is 10.2. The van der Waals surface area contributed by atoms with Crippen LogP contribution in [0, 0.1) is 0 Å². The molecular weight excluding hydrogens is 216 g/mol. The number of hydrogen-bond acceptors (Lipinski definition) is 2. The van der Waals surface area contributed by atoms with Crippen LogP contribution in [0.3, 0.4) is 0 Å². The topological polar surface area (TPSA) is 62.0 Å². The quantitative estimate of drug-likeness (QED) is 0.761. The largest absolute Gasteiger partial charge is 0.329 e. The standard InChI is InChI=1S/C10H7ClN2O2/c11-9-4-12-10(15)8-3-6(13-5-14)1-2-7(8)9/h1-5H,(H,12,15)(H,13,14). The first kappa shape index (κ1) is 9.73. The minimum atomic E-state index is -0.232.